The van der Waals surface area contributed by atoms with Crippen LogP contribution in [0, 0.1) is 11.6 Å². The molecule has 2 N–H and O–H groups in total. The Morgan fingerprint density at radius 2 is 1.80 bits per heavy atom. The summed E-state index contributed by atoms with van der Waals surface area (Å²) in [6.07, 6.45) is 6.45. The van der Waals surface area contributed by atoms with Gasteiger partial charge in [-0.2, -0.15) is 0 Å². The molecule has 51 heavy (non-hydrogen) atoms. The Morgan fingerprint density at radius 1 is 0.980 bits per heavy atom. The monoisotopic (exact) mass is 698 g/mol. The van der Waals surface area contributed by atoms with E-state index >= 15 is 4.39 Å². The lowest BCUT2D eigenvalue weighted by molar-refractivity contribution is 0.0777. The molecule has 1 saturated heterocycles. The number of hydrogen-bond donors (Lipinski definition) is 2. The molecule has 11 nitrogen and oxygen atoms in total. The van der Waals surface area contributed by atoms with E-state index in [1.807, 2.05) is 0 Å². The zero-order chi connectivity index (χ0) is 35.3. The molecule has 2 aliphatic rings. The number of benzene rings is 3. The smallest absolute Gasteiger partial charge is 0.271 e. The average Bonchev–Trinajstić information content (AvgIpc) is 3.61. The van der Waals surface area contributed by atoms with Crippen molar-refractivity contribution in [2.75, 3.05) is 45.4 Å². The molecular formula is C38H36F2N4O7. The lowest BCUT2D eigenvalue weighted by Gasteiger charge is -2.23. The molecule has 7 rings (SSSR count). The molecule has 0 saturated carbocycles. The summed E-state index contributed by atoms with van der Waals surface area (Å²) in [5, 5.41) is 6.72. The van der Waals surface area contributed by atoms with E-state index in [0.29, 0.717) is 65.1 Å². The van der Waals surface area contributed by atoms with Gasteiger partial charge in [0.05, 0.1) is 25.8 Å². The first-order chi connectivity index (χ1) is 24.9. The minimum absolute atomic E-state index is 0.0965. The molecule has 3 aromatic carbocycles. The Kier molecular flexibility index (Phi) is 10.1. The summed E-state index contributed by atoms with van der Waals surface area (Å²) >= 11 is 0. The molecule has 5 aromatic rings. The summed E-state index contributed by atoms with van der Waals surface area (Å²) in [4.78, 5) is 31.4. The van der Waals surface area contributed by atoms with Gasteiger partial charge in [-0.15, -0.1) is 0 Å². The normalized spacial score (nSPS) is 14.2. The Labute approximate surface area is 292 Å². The minimum Gasteiger partial charge on any atom is -0.493 e. The van der Waals surface area contributed by atoms with Crippen LogP contribution < -0.4 is 35.1 Å². The van der Waals surface area contributed by atoms with Crippen LogP contribution in [-0.4, -0.2) is 61.6 Å². The number of rotatable bonds is 12. The summed E-state index contributed by atoms with van der Waals surface area (Å²) in [5.74, 6) is -0.565. The second-order valence-corrected chi connectivity index (χ2v) is 12.2. The number of pyridine rings is 2. The highest BCUT2D eigenvalue weighted by Crippen LogP contribution is 2.38. The zero-order valence-electron chi connectivity index (χ0n) is 27.9. The zero-order valence-corrected chi connectivity index (χ0v) is 27.9. The SMILES string of the molecule is COc1cc2c(Oc3ccc(NC(=O)c4c5c(cn(-c6ccc(F)cc6)c4=O)CCO5)cc3F)ccnc2cc1OCCCNC1CCOCC1. The van der Waals surface area contributed by atoms with E-state index in [2.05, 4.69) is 15.6 Å². The third kappa shape index (κ3) is 7.49. The fourth-order valence-electron chi connectivity index (χ4n) is 6.18. The van der Waals surface area contributed by atoms with E-state index in [-0.39, 0.29) is 22.7 Å². The van der Waals surface area contributed by atoms with Crippen LogP contribution in [0.1, 0.15) is 35.2 Å². The quantitative estimate of drug-likeness (QED) is 0.147. The summed E-state index contributed by atoms with van der Waals surface area (Å²) < 4.78 is 59.0. The van der Waals surface area contributed by atoms with E-state index in [1.165, 1.54) is 48.1 Å². The molecule has 2 aromatic heterocycles. The maximum absolute atomic E-state index is 15.5. The molecule has 1 fully saturated rings. The van der Waals surface area contributed by atoms with Crippen LogP contribution in [0.25, 0.3) is 16.6 Å². The van der Waals surface area contributed by atoms with Crippen LogP contribution in [0.15, 0.2) is 77.9 Å². The average molecular weight is 699 g/mol. The number of methoxy groups -OCH3 is 1. The van der Waals surface area contributed by atoms with Crippen LogP contribution in [0.5, 0.6) is 28.7 Å². The van der Waals surface area contributed by atoms with Crippen LogP contribution in [0.3, 0.4) is 0 Å². The number of nitrogens with zero attached hydrogens (tertiary/aromatic N) is 2. The molecular weight excluding hydrogens is 662 g/mol. The minimum atomic E-state index is -0.775. The van der Waals surface area contributed by atoms with Gasteiger partial charge in [-0.1, -0.05) is 0 Å². The standard InChI is InChI=1S/C38H36F2N4O7/c1-47-33-20-28-30(21-34(33)49-15-2-13-41-25-11-16-48-17-12-25)42-14-9-31(28)51-32-8-5-26(19-29(32)40)43-37(45)35-36-23(10-18-50-36)22-44(38(35)46)27-6-3-24(39)4-7-27/h3-9,14,19-22,25,41H,2,10-13,15-18H2,1H3,(H,43,45). The number of anilines is 1. The summed E-state index contributed by atoms with van der Waals surface area (Å²) in [6, 6.07) is 14.9. The molecule has 1 amide bonds. The summed E-state index contributed by atoms with van der Waals surface area (Å²) in [7, 11) is 1.54. The van der Waals surface area contributed by atoms with Crippen molar-refractivity contribution in [3.63, 3.8) is 0 Å². The Hall–Kier alpha value is -5.53. The second kappa shape index (κ2) is 15.2. The van der Waals surface area contributed by atoms with Gasteiger partial charge in [0.1, 0.15) is 22.9 Å². The summed E-state index contributed by atoms with van der Waals surface area (Å²) in [6.45, 7) is 3.17. The first-order valence-electron chi connectivity index (χ1n) is 16.7. The van der Waals surface area contributed by atoms with Crippen LogP contribution >= 0.6 is 0 Å². The van der Waals surface area contributed by atoms with Crippen molar-refractivity contribution >= 4 is 22.5 Å². The highest BCUT2D eigenvalue weighted by molar-refractivity contribution is 6.06. The molecule has 13 heteroatoms. The van der Waals surface area contributed by atoms with Crippen molar-refractivity contribution in [1.29, 1.82) is 0 Å². The molecule has 0 radical (unpaired) electrons. The number of hydrogen-bond acceptors (Lipinski definition) is 9. The highest BCUT2D eigenvalue weighted by atomic mass is 19.1. The second-order valence-electron chi connectivity index (χ2n) is 12.2. The lowest BCUT2D eigenvalue weighted by atomic mass is 10.1. The summed E-state index contributed by atoms with van der Waals surface area (Å²) in [5.41, 5.74) is 0.809. The molecule has 4 heterocycles. The number of aromatic nitrogens is 2. The fraction of sp³-hybridized carbons (Fsp3) is 0.289. The fourth-order valence-corrected chi connectivity index (χ4v) is 6.18. The molecule has 0 atom stereocenters. The van der Waals surface area contributed by atoms with Crippen molar-refractivity contribution in [3.05, 3.63) is 106 Å². The Morgan fingerprint density at radius 3 is 2.59 bits per heavy atom. The van der Waals surface area contributed by atoms with E-state index in [0.717, 1.165) is 45.1 Å². The first-order valence-corrected chi connectivity index (χ1v) is 16.7. The Bertz CT molecular complexity index is 2120. The highest BCUT2D eigenvalue weighted by Gasteiger charge is 2.27. The van der Waals surface area contributed by atoms with Gasteiger partial charge in [0, 0.05) is 72.5 Å². The van der Waals surface area contributed by atoms with Gasteiger partial charge >= 0.3 is 0 Å². The van der Waals surface area contributed by atoms with Gasteiger partial charge in [-0.05, 0) is 74.3 Å². The van der Waals surface area contributed by atoms with Crippen molar-refractivity contribution in [3.8, 4) is 34.4 Å². The molecule has 0 unspecified atom stereocenters. The maximum Gasteiger partial charge on any atom is 0.271 e. The third-order valence-corrected chi connectivity index (χ3v) is 8.82. The number of amides is 1. The van der Waals surface area contributed by atoms with Crippen LogP contribution in [0.2, 0.25) is 0 Å². The van der Waals surface area contributed by atoms with Crippen molar-refractivity contribution < 1.29 is 37.3 Å². The van der Waals surface area contributed by atoms with Gasteiger partial charge in [-0.3, -0.25) is 19.1 Å². The molecule has 0 spiro atoms. The maximum atomic E-state index is 15.5. The number of ether oxygens (including phenoxy) is 5. The Balaban J connectivity index is 1.05. The lowest BCUT2D eigenvalue weighted by Crippen LogP contribution is -2.35. The molecule has 0 aliphatic carbocycles. The van der Waals surface area contributed by atoms with Gasteiger partial charge in [0.2, 0.25) is 0 Å². The number of carbonyl (C=O) groups is 1. The van der Waals surface area contributed by atoms with E-state index in [4.69, 9.17) is 23.7 Å². The van der Waals surface area contributed by atoms with Gasteiger partial charge in [0.25, 0.3) is 11.5 Å². The predicted octanol–water partition coefficient (Wildman–Crippen LogP) is 6.19. The molecule has 264 valence electrons. The largest absolute Gasteiger partial charge is 0.493 e. The molecule has 2 aliphatic heterocycles. The first kappa shape index (κ1) is 33.9. The van der Waals surface area contributed by atoms with Crippen molar-refractivity contribution in [1.82, 2.24) is 14.9 Å². The third-order valence-electron chi connectivity index (χ3n) is 8.82. The number of carbonyl (C=O) groups excluding carboxylic acids is 1. The van der Waals surface area contributed by atoms with Crippen LogP contribution in [0.4, 0.5) is 14.5 Å². The number of halogens is 2. The van der Waals surface area contributed by atoms with Crippen LogP contribution in [-0.2, 0) is 11.2 Å². The van der Waals surface area contributed by atoms with Crippen molar-refractivity contribution in [2.24, 2.45) is 0 Å². The van der Waals surface area contributed by atoms with Gasteiger partial charge < -0.3 is 34.3 Å². The van der Waals surface area contributed by atoms with E-state index in [1.54, 1.807) is 30.6 Å². The van der Waals surface area contributed by atoms with Gasteiger partial charge in [-0.25, -0.2) is 8.78 Å². The van der Waals surface area contributed by atoms with E-state index < -0.39 is 23.1 Å². The number of nitrogens with one attached hydrogen (secondary N) is 2. The topological polar surface area (TPSA) is 122 Å². The number of fused-ring (bicyclic) bond motifs is 2. The van der Waals surface area contributed by atoms with Crippen molar-refractivity contribution in [2.45, 2.75) is 31.7 Å². The van der Waals surface area contributed by atoms with Gasteiger partial charge in [0.15, 0.2) is 23.1 Å². The molecule has 0 bridgehead atoms. The van der Waals surface area contributed by atoms with E-state index in [9.17, 15) is 14.0 Å². The predicted molar refractivity (Wildman–Crippen MR) is 186 cm³/mol.